The van der Waals surface area contributed by atoms with Gasteiger partial charge in [0.25, 0.3) is 0 Å². The third kappa shape index (κ3) is 6.34. The quantitative estimate of drug-likeness (QED) is 0.587. The van der Waals surface area contributed by atoms with Gasteiger partial charge >= 0.3 is 6.36 Å². The van der Waals surface area contributed by atoms with Crippen LogP contribution in [0.1, 0.15) is 19.5 Å². The van der Waals surface area contributed by atoms with Crippen LogP contribution in [0.15, 0.2) is 54.7 Å². The van der Waals surface area contributed by atoms with Crippen molar-refractivity contribution in [2.45, 2.75) is 32.8 Å². The van der Waals surface area contributed by atoms with Gasteiger partial charge in [-0.2, -0.15) is 4.98 Å². The lowest BCUT2D eigenvalue weighted by Gasteiger charge is -2.14. The first-order valence-electron chi connectivity index (χ1n) is 8.94. The lowest BCUT2D eigenvalue weighted by molar-refractivity contribution is -0.274. The molecule has 0 fully saturated rings. The van der Waals surface area contributed by atoms with Gasteiger partial charge in [-0.3, -0.25) is 4.98 Å². The van der Waals surface area contributed by atoms with Gasteiger partial charge in [0, 0.05) is 23.9 Å². The number of pyridine rings is 1. The SMILES string of the molecule is CC(C)Nc1nc(NCc2ccccn2)cc(-c2cccc(OC(F)(F)F)c2)n1. The molecule has 0 atom stereocenters. The van der Waals surface area contributed by atoms with Gasteiger partial charge in [-0.05, 0) is 38.1 Å². The van der Waals surface area contributed by atoms with Crippen molar-refractivity contribution >= 4 is 11.8 Å². The summed E-state index contributed by atoms with van der Waals surface area (Å²) in [5.41, 5.74) is 1.76. The summed E-state index contributed by atoms with van der Waals surface area (Å²) in [5, 5.41) is 6.29. The molecule has 0 aliphatic rings. The van der Waals surface area contributed by atoms with Crippen LogP contribution in [0.2, 0.25) is 0 Å². The average Bonchev–Trinajstić information content (AvgIpc) is 2.65. The Morgan fingerprint density at radius 3 is 2.55 bits per heavy atom. The van der Waals surface area contributed by atoms with E-state index in [1.165, 1.54) is 18.2 Å². The molecule has 9 heteroatoms. The van der Waals surface area contributed by atoms with Crippen molar-refractivity contribution in [3.8, 4) is 17.0 Å². The molecule has 0 saturated carbocycles. The van der Waals surface area contributed by atoms with Gasteiger partial charge in [0.2, 0.25) is 5.95 Å². The van der Waals surface area contributed by atoms with Crippen LogP contribution in [-0.4, -0.2) is 27.4 Å². The van der Waals surface area contributed by atoms with Crippen molar-refractivity contribution in [3.05, 3.63) is 60.4 Å². The number of benzene rings is 1. The number of rotatable bonds is 7. The standard InChI is InChI=1S/C20H20F3N5O/c1-13(2)26-19-27-17(14-6-5-8-16(10-14)29-20(21,22)23)11-18(28-19)25-12-15-7-3-4-9-24-15/h3-11,13H,12H2,1-2H3,(H2,25,26,27,28). The van der Waals surface area contributed by atoms with Crippen LogP contribution < -0.4 is 15.4 Å². The van der Waals surface area contributed by atoms with Crippen molar-refractivity contribution in [1.82, 2.24) is 15.0 Å². The Bertz CT molecular complexity index is 948. The van der Waals surface area contributed by atoms with E-state index in [-0.39, 0.29) is 11.8 Å². The second-order valence-corrected chi connectivity index (χ2v) is 6.51. The molecule has 0 radical (unpaired) electrons. The second-order valence-electron chi connectivity index (χ2n) is 6.51. The molecule has 2 N–H and O–H groups in total. The van der Waals surface area contributed by atoms with Crippen LogP contribution in [0.3, 0.4) is 0 Å². The number of nitrogens with zero attached hydrogens (tertiary/aromatic N) is 3. The van der Waals surface area contributed by atoms with Crippen LogP contribution in [0.4, 0.5) is 24.9 Å². The Hall–Kier alpha value is -3.36. The third-order valence-corrected chi connectivity index (χ3v) is 3.68. The highest BCUT2D eigenvalue weighted by Crippen LogP contribution is 2.28. The molecule has 0 amide bonds. The maximum Gasteiger partial charge on any atom is 0.573 e. The van der Waals surface area contributed by atoms with Gasteiger partial charge in [0.1, 0.15) is 11.6 Å². The van der Waals surface area contributed by atoms with E-state index < -0.39 is 6.36 Å². The summed E-state index contributed by atoms with van der Waals surface area (Å²) in [7, 11) is 0. The van der Waals surface area contributed by atoms with E-state index in [4.69, 9.17) is 0 Å². The lowest BCUT2D eigenvalue weighted by atomic mass is 10.1. The molecule has 0 bridgehead atoms. The van der Waals surface area contributed by atoms with Crippen LogP contribution in [-0.2, 0) is 6.54 Å². The molecule has 2 heterocycles. The molecule has 0 unspecified atom stereocenters. The van der Waals surface area contributed by atoms with E-state index in [1.807, 2.05) is 32.0 Å². The van der Waals surface area contributed by atoms with Crippen LogP contribution in [0, 0.1) is 0 Å². The Labute approximate surface area is 166 Å². The second kappa shape index (κ2) is 8.76. The Morgan fingerprint density at radius 1 is 1.03 bits per heavy atom. The molecule has 3 rings (SSSR count). The first kappa shape index (κ1) is 20.4. The highest BCUT2D eigenvalue weighted by Gasteiger charge is 2.31. The van der Waals surface area contributed by atoms with Gasteiger partial charge < -0.3 is 15.4 Å². The van der Waals surface area contributed by atoms with E-state index in [0.29, 0.717) is 29.6 Å². The molecular weight excluding hydrogens is 383 g/mol. The molecule has 0 aliphatic heterocycles. The molecule has 152 valence electrons. The molecule has 0 aliphatic carbocycles. The summed E-state index contributed by atoms with van der Waals surface area (Å²) in [4.78, 5) is 13.1. The number of nitrogens with one attached hydrogen (secondary N) is 2. The Balaban J connectivity index is 1.90. The molecule has 1 aromatic carbocycles. The minimum absolute atomic E-state index is 0.0776. The lowest BCUT2D eigenvalue weighted by Crippen LogP contribution is -2.17. The van der Waals surface area contributed by atoms with Crippen LogP contribution >= 0.6 is 0 Å². The van der Waals surface area contributed by atoms with E-state index in [2.05, 4.69) is 30.3 Å². The maximum atomic E-state index is 12.5. The summed E-state index contributed by atoms with van der Waals surface area (Å²) in [6, 6.07) is 13.0. The predicted octanol–water partition coefficient (Wildman–Crippen LogP) is 4.87. The molecule has 0 saturated heterocycles. The molecule has 6 nitrogen and oxygen atoms in total. The number of hydrogen-bond donors (Lipinski definition) is 2. The van der Waals surface area contributed by atoms with Crippen molar-refractivity contribution < 1.29 is 17.9 Å². The summed E-state index contributed by atoms with van der Waals surface area (Å²) >= 11 is 0. The van der Waals surface area contributed by atoms with E-state index >= 15 is 0 Å². The molecule has 29 heavy (non-hydrogen) atoms. The van der Waals surface area contributed by atoms with Gasteiger partial charge in [0.05, 0.1) is 17.9 Å². The van der Waals surface area contributed by atoms with Crippen molar-refractivity contribution in [1.29, 1.82) is 0 Å². The van der Waals surface area contributed by atoms with E-state index in [1.54, 1.807) is 18.3 Å². The Morgan fingerprint density at radius 2 is 1.86 bits per heavy atom. The number of ether oxygens (including phenoxy) is 1. The first-order valence-corrected chi connectivity index (χ1v) is 8.94. The highest BCUT2D eigenvalue weighted by molar-refractivity contribution is 5.66. The fourth-order valence-corrected chi connectivity index (χ4v) is 2.54. The number of anilines is 2. The number of aromatic nitrogens is 3. The zero-order valence-corrected chi connectivity index (χ0v) is 15.9. The molecule has 0 spiro atoms. The summed E-state index contributed by atoms with van der Waals surface area (Å²) in [5.74, 6) is 0.573. The number of hydrogen-bond acceptors (Lipinski definition) is 6. The van der Waals surface area contributed by atoms with Crippen LogP contribution in [0.25, 0.3) is 11.3 Å². The molecular formula is C20H20F3N5O. The fraction of sp³-hybridized carbons (Fsp3) is 0.250. The predicted molar refractivity (Wildman–Crippen MR) is 104 cm³/mol. The zero-order chi connectivity index (χ0) is 20.9. The van der Waals surface area contributed by atoms with Crippen molar-refractivity contribution in [2.24, 2.45) is 0 Å². The maximum absolute atomic E-state index is 12.5. The number of alkyl halides is 3. The fourth-order valence-electron chi connectivity index (χ4n) is 2.54. The van der Waals surface area contributed by atoms with Gasteiger partial charge in [-0.1, -0.05) is 18.2 Å². The summed E-state index contributed by atoms with van der Waals surface area (Å²) in [6.45, 7) is 4.32. The highest BCUT2D eigenvalue weighted by atomic mass is 19.4. The monoisotopic (exact) mass is 403 g/mol. The van der Waals surface area contributed by atoms with Crippen LogP contribution in [0.5, 0.6) is 5.75 Å². The first-order chi connectivity index (χ1) is 13.8. The normalized spacial score (nSPS) is 11.4. The van der Waals surface area contributed by atoms with Gasteiger partial charge in [0.15, 0.2) is 0 Å². The minimum Gasteiger partial charge on any atom is -0.406 e. The summed E-state index contributed by atoms with van der Waals surface area (Å²) < 4.78 is 41.6. The number of halogens is 3. The van der Waals surface area contributed by atoms with Crippen molar-refractivity contribution in [2.75, 3.05) is 10.6 Å². The van der Waals surface area contributed by atoms with E-state index in [0.717, 1.165) is 5.69 Å². The topological polar surface area (TPSA) is 72.0 Å². The summed E-state index contributed by atoms with van der Waals surface area (Å²) in [6.07, 6.45) is -3.07. The smallest absolute Gasteiger partial charge is 0.406 e. The largest absolute Gasteiger partial charge is 0.573 e. The zero-order valence-electron chi connectivity index (χ0n) is 15.9. The van der Waals surface area contributed by atoms with E-state index in [9.17, 15) is 13.2 Å². The molecule has 2 aromatic heterocycles. The Kier molecular flexibility index (Phi) is 6.16. The third-order valence-electron chi connectivity index (χ3n) is 3.68. The minimum atomic E-state index is -4.76. The average molecular weight is 403 g/mol. The van der Waals surface area contributed by atoms with Crippen molar-refractivity contribution in [3.63, 3.8) is 0 Å². The van der Waals surface area contributed by atoms with Gasteiger partial charge in [-0.15, -0.1) is 13.2 Å². The van der Waals surface area contributed by atoms with Gasteiger partial charge in [-0.25, -0.2) is 4.98 Å². The molecule has 3 aromatic rings.